The van der Waals surface area contributed by atoms with Crippen LogP contribution in [0.2, 0.25) is 0 Å². The Kier molecular flexibility index (Phi) is 5.86. The zero-order valence-electron chi connectivity index (χ0n) is 12.7. The number of benzene rings is 1. The fourth-order valence-corrected chi connectivity index (χ4v) is 2.53. The molecular weight excluding hydrogens is 323 g/mol. The minimum absolute atomic E-state index is 0.00269. The van der Waals surface area contributed by atoms with E-state index in [1.54, 1.807) is 32.0 Å². The molecule has 0 saturated carbocycles. The van der Waals surface area contributed by atoms with E-state index >= 15 is 0 Å². The fourth-order valence-electron chi connectivity index (χ4n) is 1.90. The van der Waals surface area contributed by atoms with Gasteiger partial charge in [0.2, 0.25) is 5.88 Å². The number of nitrogens with zero attached hydrogens (tertiary/aromatic N) is 2. The van der Waals surface area contributed by atoms with Crippen molar-refractivity contribution in [2.75, 3.05) is 6.01 Å². The Morgan fingerprint density at radius 1 is 1.43 bits per heavy atom. The predicted molar refractivity (Wildman–Crippen MR) is 82.6 cm³/mol. The molecule has 6 nitrogen and oxygen atoms in total. The average molecular weight is 340 g/mol. The molecule has 0 unspecified atom stereocenters. The summed E-state index contributed by atoms with van der Waals surface area (Å²) < 4.78 is 23.4. The Morgan fingerprint density at radius 2 is 2.22 bits per heavy atom. The number of thioether (sulfide) groups is 1. The summed E-state index contributed by atoms with van der Waals surface area (Å²) in [6.07, 6.45) is 1.05. The van der Waals surface area contributed by atoms with Gasteiger partial charge in [0.15, 0.2) is 0 Å². The third-order valence-electron chi connectivity index (χ3n) is 2.82. The van der Waals surface area contributed by atoms with E-state index in [2.05, 4.69) is 5.10 Å². The number of carbonyl (C=O) groups is 1. The number of carbonyl (C=O) groups excluding carboxylic acids is 1. The van der Waals surface area contributed by atoms with Crippen molar-refractivity contribution in [3.8, 4) is 5.88 Å². The standard InChI is InChI=1S/C15H17FN2O4S/c1-10(2)22-15(19)11-4-3-5-13(23-9-16)12(11)8-21-14-6-7-18(20)17-14/h3-7,10,20H,8-9H2,1-2H3. The first-order valence-corrected chi connectivity index (χ1v) is 7.89. The first-order valence-electron chi connectivity index (χ1n) is 6.90. The summed E-state index contributed by atoms with van der Waals surface area (Å²) in [6, 6.07) is 5.83. The van der Waals surface area contributed by atoms with E-state index in [4.69, 9.17) is 14.7 Å². The van der Waals surface area contributed by atoms with Gasteiger partial charge in [-0.15, -0.1) is 4.85 Å². The number of esters is 1. The molecule has 23 heavy (non-hydrogen) atoms. The van der Waals surface area contributed by atoms with Crippen molar-refractivity contribution >= 4 is 17.7 Å². The van der Waals surface area contributed by atoms with Crippen molar-refractivity contribution in [2.45, 2.75) is 31.5 Å². The number of rotatable bonds is 7. The van der Waals surface area contributed by atoms with Gasteiger partial charge in [0.25, 0.3) is 0 Å². The van der Waals surface area contributed by atoms with Crippen molar-refractivity contribution in [1.82, 2.24) is 9.94 Å². The molecule has 0 bridgehead atoms. The van der Waals surface area contributed by atoms with Gasteiger partial charge in [-0.3, -0.25) is 0 Å². The van der Waals surface area contributed by atoms with Gasteiger partial charge < -0.3 is 14.7 Å². The van der Waals surface area contributed by atoms with E-state index in [1.807, 2.05) is 0 Å². The number of hydrogen-bond donors (Lipinski definition) is 1. The lowest BCUT2D eigenvalue weighted by Crippen LogP contribution is -2.15. The van der Waals surface area contributed by atoms with E-state index in [0.29, 0.717) is 20.9 Å². The van der Waals surface area contributed by atoms with Crippen molar-refractivity contribution in [3.63, 3.8) is 0 Å². The Labute approximate surface area is 137 Å². The summed E-state index contributed by atoms with van der Waals surface area (Å²) in [5, 5.41) is 12.8. The van der Waals surface area contributed by atoms with Crippen LogP contribution in [0.4, 0.5) is 4.39 Å². The SMILES string of the molecule is CC(C)OC(=O)c1cccc(SCF)c1COc1ccn(O)n1. The van der Waals surface area contributed by atoms with Gasteiger partial charge in [-0.05, 0) is 26.0 Å². The highest BCUT2D eigenvalue weighted by molar-refractivity contribution is 7.99. The maximum absolute atomic E-state index is 12.7. The zero-order valence-corrected chi connectivity index (χ0v) is 13.5. The Morgan fingerprint density at radius 3 is 2.83 bits per heavy atom. The highest BCUT2D eigenvalue weighted by Crippen LogP contribution is 2.27. The molecule has 0 atom stereocenters. The number of ether oxygens (including phenoxy) is 2. The Hall–Kier alpha value is -2.22. The summed E-state index contributed by atoms with van der Waals surface area (Å²) in [4.78, 5) is 13.4. The second-order valence-corrected chi connectivity index (χ2v) is 5.80. The second-order valence-electron chi connectivity index (χ2n) is 4.85. The van der Waals surface area contributed by atoms with Crippen LogP contribution in [0.3, 0.4) is 0 Å². The van der Waals surface area contributed by atoms with E-state index < -0.39 is 12.0 Å². The lowest BCUT2D eigenvalue weighted by atomic mass is 10.1. The molecule has 0 aliphatic rings. The molecule has 1 heterocycles. The van der Waals surface area contributed by atoms with Gasteiger partial charge in [0.05, 0.1) is 17.9 Å². The normalized spacial score (nSPS) is 10.8. The predicted octanol–water partition coefficient (Wildman–Crippen LogP) is 3.28. The first kappa shape index (κ1) is 17.1. The molecule has 0 saturated heterocycles. The molecule has 1 N–H and O–H groups in total. The van der Waals surface area contributed by atoms with E-state index in [9.17, 15) is 9.18 Å². The van der Waals surface area contributed by atoms with Crippen LogP contribution in [0.25, 0.3) is 0 Å². The third-order valence-corrected chi connectivity index (χ3v) is 3.62. The van der Waals surface area contributed by atoms with E-state index in [1.165, 1.54) is 12.3 Å². The average Bonchev–Trinajstić information content (AvgIpc) is 2.91. The maximum Gasteiger partial charge on any atom is 0.338 e. The Balaban J connectivity index is 2.26. The quantitative estimate of drug-likeness (QED) is 0.474. The van der Waals surface area contributed by atoms with Crippen LogP contribution in [0, 0.1) is 0 Å². The second kappa shape index (κ2) is 7.87. The molecule has 0 aliphatic carbocycles. The summed E-state index contributed by atoms with van der Waals surface area (Å²) in [6.45, 7) is 3.51. The van der Waals surface area contributed by atoms with Crippen LogP contribution in [-0.4, -0.2) is 33.2 Å². The van der Waals surface area contributed by atoms with Gasteiger partial charge in [-0.2, -0.15) is 0 Å². The molecule has 0 spiro atoms. The molecule has 1 aromatic carbocycles. The van der Waals surface area contributed by atoms with Crippen LogP contribution in [0.5, 0.6) is 5.88 Å². The summed E-state index contributed by atoms with van der Waals surface area (Å²) >= 11 is 0.963. The first-order chi connectivity index (χ1) is 11.0. The molecule has 2 rings (SSSR count). The van der Waals surface area contributed by atoms with Crippen molar-refractivity contribution < 1.29 is 23.9 Å². The molecule has 2 aromatic rings. The number of aromatic nitrogens is 2. The van der Waals surface area contributed by atoms with Crippen LogP contribution >= 0.6 is 11.8 Å². The highest BCUT2D eigenvalue weighted by atomic mass is 32.2. The Bertz CT molecular complexity index is 675. The molecule has 8 heteroatoms. The maximum atomic E-state index is 12.7. The third kappa shape index (κ3) is 4.62. The largest absolute Gasteiger partial charge is 0.472 e. The molecule has 1 aromatic heterocycles. The van der Waals surface area contributed by atoms with E-state index in [0.717, 1.165) is 11.8 Å². The van der Waals surface area contributed by atoms with Crippen LogP contribution < -0.4 is 4.74 Å². The topological polar surface area (TPSA) is 73.6 Å². The minimum atomic E-state index is -0.624. The van der Waals surface area contributed by atoms with Crippen molar-refractivity contribution in [1.29, 1.82) is 0 Å². The van der Waals surface area contributed by atoms with Gasteiger partial charge >= 0.3 is 5.97 Å². The zero-order chi connectivity index (χ0) is 16.8. The number of alkyl halides is 1. The number of halogens is 1. The molecule has 0 amide bonds. The smallest absolute Gasteiger partial charge is 0.338 e. The highest BCUT2D eigenvalue weighted by Gasteiger charge is 2.18. The molecule has 124 valence electrons. The molecular formula is C15H17FN2O4S. The molecule has 0 fully saturated rings. The fraction of sp³-hybridized carbons (Fsp3) is 0.333. The lowest BCUT2D eigenvalue weighted by Gasteiger charge is -2.14. The van der Waals surface area contributed by atoms with E-state index in [-0.39, 0.29) is 18.6 Å². The van der Waals surface area contributed by atoms with Crippen LogP contribution in [-0.2, 0) is 11.3 Å². The summed E-state index contributed by atoms with van der Waals surface area (Å²) in [5.74, 6) is -0.302. The summed E-state index contributed by atoms with van der Waals surface area (Å²) in [7, 11) is 0. The molecule has 0 radical (unpaired) electrons. The van der Waals surface area contributed by atoms with Crippen molar-refractivity contribution in [2.24, 2.45) is 0 Å². The number of hydrogen-bond acceptors (Lipinski definition) is 6. The monoisotopic (exact) mass is 340 g/mol. The summed E-state index contributed by atoms with van der Waals surface area (Å²) in [5.41, 5.74) is 0.842. The van der Waals surface area contributed by atoms with Gasteiger partial charge in [-0.25, -0.2) is 9.18 Å². The minimum Gasteiger partial charge on any atom is -0.472 e. The lowest BCUT2D eigenvalue weighted by molar-refractivity contribution is 0.0374. The van der Waals surface area contributed by atoms with Gasteiger partial charge in [-0.1, -0.05) is 22.9 Å². The van der Waals surface area contributed by atoms with Crippen LogP contribution in [0.1, 0.15) is 29.8 Å². The van der Waals surface area contributed by atoms with Crippen molar-refractivity contribution in [3.05, 3.63) is 41.6 Å². The van der Waals surface area contributed by atoms with Gasteiger partial charge in [0.1, 0.15) is 12.6 Å². The molecule has 0 aliphatic heterocycles. The van der Waals surface area contributed by atoms with Gasteiger partial charge in [0, 0.05) is 16.5 Å². The van der Waals surface area contributed by atoms with Crippen LogP contribution in [0.15, 0.2) is 35.4 Å².